The van der Waals surface area contributed by atoms with Gasteiger partial charge in [-0.1, -0.05) is 49.7 Å². The molecule has 0 aliphatic rings. The van der Waals surface area contributed by atoms with Crippen LogP contribution in [0.5, 0.6) is 5.75 Å². The second kappa shape index (κ2) is 8.05. The van der Waals surface area contributed by atoms with Crippen molar-refractivity contribution in [1.82, 2.24) is 15.0 Å². The van der Waals surface area contributed by atoms with Gasteiger partial charge in [-0.2, -0.15) is 0 Å². The van der Waals surface area contributed by atoms with E-state index in [9.17, 15) is 4.79 Å². The third-order valence-corrected chi connectivity index (χ3v) is 5.17. The Kier molecular flexibility index (Phi) is 5.32. The SMILES string of the molecule is CCC(C)c1ccc(OC(=O)c2ccccc2)c(-n2nc3ccc(Cl)cc3n2)c1. The summed E-state index contributed by atoms with van der Waals surface area (Å²) >= 11 is 6.08. The van der Waals surface area contributed by atoms with Crippen molar-refractivity contribution in [3.05, 3.63) is 82.9 Å². The number of hydrogen-bond donors (Lipinski definition) is 0. The van der Waals surface area contributed by atoms with Crippen LogP contribution in [-0.2, 0) is 0 Å². The molecule has 0 aliphatic heterocycles. The number of nitrogens with zero attached hydrogens (tertiary/aromatic N) is 3. The van der Waals surface area contributed by atoms with Crippen LogP contribution in [0.4, 0.5) is 0 Å². The maximum Gasteiger partial charge on any atom is 0.343 e. The minimum Gasteiger partial charge on any atom is -0.421 e. The number of rotatable bonds is 5. The van der Waals surface area contributed by atoms with Crippen molar-refractivity contribution in [2.45, 2.75) is 26.2 Å². The summed E-state index contributed by atoms with van der Waals surface area (Å²) in [6.07, 6.45) is 0.993. The molecule has 1 aromatic heterocycles. The molecule has 0 radical (unpaired) electrons. The summed E-state index contributed by atoms with van der Waals surface area (Å²) in [6.45, 7) is 4.29. The lowest BCUT2D eigenvalue weighted by molar-refractivity contribution is 0.0734. The van der Waals surface area contributed by atoms with Gasteiger partial charge in [0.15, 0.2) is 5.75 Å². The van der Waals surface area contributed by atoms with Gasteiger partial charge in [-0.25, -0.2) is 4.79 Å². The van der Waals surface area contributed by atoms with Crippen molar-refractivity contribution >= 4 is 28.6 Å². The van der Waals surface area contributed by atoms with Crippen molar-refractivity contribution in [3.63, 3.8) is 0 Å². The molecule has 0 spiro atoms. The van der Waals surface area contributed by atoms with Gasteiger partial charge in [0.25, 0.3) is 0 Å². The third-order valence-electron chi connectivity index (χ3n) is 4.93. The van der Waals surface area contributed by atoms with Crippen LogP contribution >= 0.6 is 11.6 Å². The standard InChI is InChI=1S/C23H20ClN3O2/c1-3-15(2)17-9-12-22(29-23(28)16-7-5-4-6-8-16)21(13-17)27-25-19-11-10-18(24)14-20(19)26-27/h4-15H,3H2,1-2H3. The van der Waals surface area contributed by atoms with E-state index >= 15 is 0 Å². The summed E-state index contributed by atoms with van der Waals surface area (Å²) < 4.78 is 5.71. The molecule has 1 atom stereocenters. The molecule has 6 heteroatoms. The zero-order valence-electron chi connectivity index (χ0n) is 16.2. The van der Waals surface area contributed by atoms with E-state index in [0.717, 1.165) is 12.0 Å². The van der Waals surface area contributed by atoms with E-state index in [4.69, 9.17) is 16.3 Å². The van der Waals surface area contributed by atoms with Gasteiger partial charge in [0.05, 0.1) is 5.56 Å². The van der Waals surface area contributed by atoms with E-state index in [1.807, 2.05) is 24.3 Å². The number of esters is 1. The number of carbonyl (C=O) groups excluding carboxylic acids is 1. The number of hydrogen-bond acceptors (Lipinski definition) is 4. The van der Waals surface area contributed by atoms with Gasteiger partial charge in [-0.05, 0) is 60.4 Å². The Bertz CT molecular complexity index is 1170. The second-order valence-electron chi connectivity index (χ2n) is 6.91. The molecule has 0 saturated carbocycles. The minimum atomic E-state index is -0.428. The molecular formula is C23H20ClN3O2. The summed E-state index contributed by atoms with van der Waals surface area (Å²) in [5.41, 5.74) is 3.60. The van der Waals surface area contributed by atoms with Crippen LogP contribution in [0.15, 0.2) is 66.7 Å². The molecule has 3 aromatic carbocycles. The van der Waals surface area contributed by atoms with Gasteiger partial charge in [0.1, 0.15) is 16.7 Å². The molecule has 0 bridgehead atoms. The van der Waals surface area contributed by atoms with Crippen LogP contribution < -0.4 is 4.74 Å². The highest BCUT2D eigenvalue weighted by molar-refractivity contribution is 6.31. The Labute approximate surface area is 173 Å². The van der Waals surface area contributed by atoms with Gasteiger partial charge in [-0.15, -0.1) is 15.0 Å². The molecule has 0 saturated heterocycles. The third kappa shape index (κ3) is 4.00. The molecule has 0 N–H and O–H groups in total. The first-order valence-electron chi connectivity index (χ1n) is 9.49. The monoisotopic (exact) mass is 405 g/mol. The lowest BCUT2D eigenvalue weighted by Gasteiger charge is -2.14. The van der Waals surface area contributed by atoms with E-state index in [1.165, 1.54) is 4.80 Å². The fourth-order valence-electron chi connectivity index (χ4n) is 3.05. The molecule has 0 fully saturated rings. The maximum absolute atomic E-state index is 12.6. The first kappa shape index (κ1) is 19.2. The number of fused-ring (bicyclic) bond motifs is 1. The number of aromatic nitrogens is 3. The van der Waals surface area contributed by atoms with Crippen LogP contribution in [0.25, 0.3) is 16.7 Å². The van der Waals surface area contributed by atoms with Crippen molar-refractivity contribution < 1.29 is 9.53 Å². The molecule has 4 rings (SSSR count). The van der Waals surface area contributed by atoms with E-state index < -0.39 is 5.97 Å². The minimum absolute atomic E-state index is 0.354. The second-order valence-corrected chi connectivity index (χ2v) is 7.35. The molecule has 0 amide bonds. The van der Waals surface area contributed by atoms with Gasteiger partial charge in [0.2, 0.25) is 0 Å². The lowest BCUT2D eigenvalue weighted by Crippen LogP contribution is -2.12. The average Bonchev–Trinajstić information content (AvgIpc) is 3.17. The van der Waals surface area contributed by atoms with Crippen LogP contribution in [0.2, 0.25) is 5.02 Å². The predicted molar refractivity (Wildman–Crippen MR) is 114 cm³/mol. The molecule has 146 valence electrons. The van der Waals surface area contributed by atoms with Crippen LogP contribution in [0.3, 0.4) is 0 Å². The highest BCUT2D eigenvalue weighted by Crippen LogP contribution is 2.30. The average molecular weight is 406 g/mol. The largest absolute Gasteiger partial charge is 0.421 e. The van der Waals surface area contributed by atoms with Crippen LogP contribution in [-0.4, -0.2) is 21.0 Å². The normalized spacial score (nSPS) is 12.1. The predicted octanol–water partition coefficient (Wildman–Crippen LogP) is 5.81. The zero-order chi connectivity index (χ0) is 20.4. The quantitative estimate of drug-likeness (QED) is 0.310. The lowest BCUT2D eigenvalue weighted by atomic mass is 9.98. The maximum atomic E-state index is 12.6. The summed E-state index contributed by atoms with van der Waals surface area (Å²) in [5, 5.41) is 9.68. The van der Waals surface area contributed by atoms with E-state index in [1.54, 1.807) is 42.5 Å². The Morgan fingerprint density at radius 2 is 1.79 bits per heavy atom. The smallest absolute Gasteiger partial charge is 0.343 e. The van der Waals surface area contributed by atoms with Crippen LogP contribution in [0.1, 0.15) is 42.1 Å². The van der Waals surface area contributed by atoms with E-state index in [2.05, 4.69) is 24.0 Å². The van der Waals surface area contributed by atoms with E-state index in [0.29, 0.717) is 39.0 Å². The molecule has 0 aliphatic carbocycles. The Hall–Kier alpha value is -3.18. The number of halogens is 1. The van der Waals surface area contributed by atoms with Gasteiger partial charge < -0.3 is 4.74 Å². The molecule has 1 heterocycles. The van der Waals surface area contributed by atoms with Gasteiger partial charge >= 0.3 is 5.97 Å². The molecular weight excluding hydrogens is 386 g/mol. The fraction of sp³-hybridized carbons (Fsp3) is 0.174. The Morgan fingerprint density at radius 3 is 2.55 bits per heavy atom. The number of carbonyl (C=O) groups is 1. The molecule has 4 aromatic rings. The topological polar surface area (TPSA) is 57.0 Å². The highest BCUT2D eigenvalue weighted by Gasteiger charge is 2.17. The summed E-state index contributed by atoms with van der Waals surface area (Å²) in [5.74, 6) is 0.326. The number of benzene rings is 3. The summed E-state index contributed by atoms with van der Waals surface area (Å²) in [4.78, 5) is 14.1. The van der Waals surface area contributed by atoms with Crippen molar-refractivity contribution in [2.24, 2.45) is 0 Å². The molecule has 1 unspecified atom stereocenters. The Balaban J connectivity index is 1.79. The molecule has 29 heavy (non-hydrogen) atoms. The fourth-order valence-corrected chi connectivity index (χ4v) is 3.21. The zero-order valence-corrected chi connectivity index (χ0v) is 16.9. The Morgan fingerprint density at radius 1 is 1.03 bits per heavy atom. The first-order chi connectivity index (χ1) is 14.0. The van der Waals surface area contributed by atoms with Gasteiger partial charge in [-0.3, -0.25) is 0 Å². The summed E-state index contributed by atoms with van der Waals surface area (Å²) in [7, 11) is 0. The highest BCUT2D eigenvalue weighted by atomic mass is 35.5. The van der Waals surface area contributed by atoms with Crippen molar-refractivity contribution in [1.29, 1.82) is 0 Å². The van der Waals surface area contributed by atoms with Gasteiger partial charge in [0, 0.05) is 5.02 Å². The van der Waals surface area contributed by atoms with Crippen LogP contribution in [0, 0.1) is 0 Å². The van der Waals surface area contributed by atoms with Crippen molar-refractivity contribution in [3.8, 4) is 11.4 Å². The number of ether oxygens (including phenoxy) is 1. The molecule has 5 nitrogen and oxygen atoms in total. The van der Waals surface area contributed by atoms with Crippen molar-refractivity contribution in [2.75, 3.05) is 0 Å². The van der Waals surface area contributed by atoms with E-state index in [-0.39, 0.29) is 0 Å². The summed E-state index contributed by atoms with van der Waals surface area (Å²) in [6, 6.07) is 20.0. The first-order valence-corrected chi connectivity index (χ1v) is 9.87.